The van der Waals surface area contributed by atoms with Crippen molar-refractivity contribution in [2.45, 2.75) is 83.9 Å². The number of benzene rings is 3. The summed E-state index contributed by atoms with van der Waals surface area (Å²) in [6.07, 6.45) is 4.28. The fourth-order valence-electron chi connectivity index (χ4n) is 5.53. The van der Waals surface area contributed by atoms with E-state index in [4.69, 9.17) is 19.0 Å². The molecule has 1 aliphatic heterocycles. The third-order valence-electron chi connectivity index (χ3n) is 8.12. The predicted molar refractivity (Wildman–Crippen MR) is 170 cm³/mol. The Bertz CT molecular complexity index is 1550. The first kappa shape index (κ1) is 31.5. The van der Waals surface area contributed by atoms with E-state index in [-0.39, 0.29) is 11.6 Å². The molecule has 5 rings (SSSR count). The molecular weight excluding hydrogens is 561 g/mol. The largest absolute Gasteiger partial charge is 0.379 e. The normalized spacial score (nSPS) is 19.0. The predicted octanol–water partition coefficient (Wildman–Crippen LogP) is 7.61. The van der Waals surface area contributed by atoms with Gasteiger partial charge < -0.3 is 24.0 Å². The minimum atomic E-state index is -4.28. The van der Waals surface area contributed by atoms with E-state index in [9.17, 15) is 14.6 Å². The van der Waals surface area contributed by atoms with Gasteiger partial charge in [-0.3, -0.25) is 4.57 Å². The Kier molecular flexibility index (Phi) is 10.1. The average Bonchev–Trinajstić information content (AvgIpc) is 3.04. The van der Waals surface area contributed by atoms with Gasteiger partial charge in [0, 0.05) is 12.0 Å². The molecule has 1 aliphatic rings. The first-order valence-corrected chi connectivity index (χ1v) is 16.9. The van der Waals surface area contributed by atoms with Crippen molar-refractivity contribution in [2.75, 3.05) is 6.61 Å². The molecule has 0 amide bonds. The number of aliphatic hydroxyl groups is 1. The smallest absolute Gasteiger partial charge is 0.361 e. The lowest BCUT2D eigenvalue weighted by Gasteiger charge is -2.28. The molecule has 1 saturated heterocycles. The zero-order valence-corrected chi connectivity index (χ0v) is 26.1. The number of hydrogen-bond acceptors (Lipinski definition) is 6. The summed E-state index contributed by atoms with van der Waals surface area (Å²) in [5, 5.41) is 12.7. The van der Waals surface area contributed by atoms with Crippen molar-refractivity contribution in [1.29, 1.82) is 0 Å². The minimum Gasteiger partial charge on any atom is -0.379 e. The van der Waals surface area contributed by atoms with E-state index in [2.05, 4.69) is 0 Å². The Morgan fingerprint density at radius 3 is 2.47 bits per heavy atom. The fourth-order valence-corrected chi connectivity index (χ4v) is 7.02. The highest BCUT2D eigenvalue weighted by atomic mass is 31.2. The highest BCUT2D eigenvalue weighted by Crippen LogP contribution is 2.46. The van der Waals surface area contributed by atoms with Crippen molar-refractivity contribution in [2.24, 2.45) is 0 Å². The van der Waals surface area contributed by atoms with Gasteiger partial charge in [0.1, 0.15) is 5.60 Å². The highest BCUT2D eigenvalue weighted by molar-refractivity contribution is 7.61. The van der Waals surface area contributed by atoms with E-state index in [1.807, 2.05) is 86.6 Å². The van der Waals surface area contributed by atoms with Crippen LogP contribution in [-0.2, 0) is 30.8 Å². The Balaban J connectivity index is 1.55. The van der Waals surface area contributed by atoms with E-state index in [1.165, 1.54) is 0 Å². The number of ether oxygens (including phenoxy) is 2. The van der Waals surface area contributed by atoms with Crippen LogP contribution in [0.3, 0.4) is 0 Å². The van der Waals surface area contributed by atoms with Crippen LogP contribution in [0.25, 0.3) is 22.0 Å². The second-order valence-electron chi connectivity index (χ2n) is 11.4. The molecule has 4 atom stereocenters. The van der Waals surface area contributed by atoms with Crippen LogP contribution in [0.1, 0.15) is 76.1 Å². The quantitative estimate of drug-likeness (QED) is 0.161. The average molecular weight is 604 g/mol. The first-order chi connectivity index (χ1) is 20.7. The van der Waals surface area contributed by atoms with Crippen LogP contribution in [0.4, 0.5) is 0 Å². The molecule has 7 nitrogen and oxygen atoms in total. The molecule has 0 aliphatic carbocycles. The Hall–Kier alpha value is -2.90. The zero-order valence-electron chi connectivity index (χ0n) is 25.2. The van der Waals surface area contributed by atoms with Gasteiger partial charge >= 0.3 is 7.60 Å². The van der Waals surface area contributed by atoms with E-state index in [1.54, 1.807) is 13.0 Å². The van der Waals surface area contributed by atoms with Gasteiger partial charge in [-0.25, -0.2) is 4.98 Å². The molecule has 43 heavy (non-hydrogen) atoms. The van der Waals surface area contributed by atoms with Crippen LogP contribution < -0.4 is 5.30 Å². The second-order valence-corrected chi connectivity index (χ2v) is 13.1. The lowest BCUT2D eigenvalue weighted by atomic mass is 9.85. The third kappa shape index (κ3) is 7.26. The number of fused-ring (bicyclic) bond motifs is 1. The van der Waals surface area contributed by atoms with Crippen LogP contribution in [0, 0.1) is 0 Å². The van der Waals surface area contributed by atoms with Crippen molar-refractivity contribution < 1.29 is 28.6 Å². The fraction of sp³-hybridized carbons (Fsp3) is 0.400. The molecule has 2 heterocycles. The molecule has 1 aromatic heterocycles. The lowest BCUT2D eigenvalue weighted by Crippen LogP contribution is -2.29. The Morgan fingerprint density at radius 1 is 1.02 bits per heavy atom. The summed E-state index contributed by atoms with van der Waals surface area (Å²) in [6.45, 7) is 6.89. The van der Waals surface area contributed by atoms with Gasteiger partial charge in [-0.1, -0.05) is 80.9 Å². The van der Waals surface area contributed by atoms with Gasteiger partial charge in [0.2, 0.25) is 0 Å². The van der Waals surface area contributed by atoms with E-state index in [0.717, 1.165) is 54.5 Å². The SMILES string of the molecule is CCCC(O)(c1ccccc1)c1ccc2cc(-c3ccc(COC4CCCCO4)cc3)cc(P(=O)(O)OC(C)CC)c2n1. The van der Waals surface area contributed by atoms with Crippen molar-refractivity contribution >= 4 is 23.8 Å². The van der Waals surface area contributed by atoms with E-state index >= 15 is 0 Å². The van der Waals surface area contributed by atoms with Crippen LogP contribution in [0.2, 0.25) is 0 Å². The molecular formula is C35H42NO6P. The molecule has 3 aromatic carbocycles. The van der Waals surface area contributed by atoms with Gasteiger partial charge in [-0.05, 0) is 79.5 Å². The molecule has 0 saturated carbocycles. The summed E-state index contributed by atoms with van der Waals surface area (Å²) in [6, 6.07) is 24.8. The molecule has 0 bridgehead atoms. The highest BCUT2D eigenvalue weighted by Gasteiger charge is 2.34. The van der Waals surface area contributed by atoms with Crippen LogP contribution in [0.5, 0.6) is 0 Å². The molecule has 8 heteroatoms. The standard InChI is InChI=1S/C35H42NO6P/c1-4-20-35(37,30-11-7-6-8-12-30)32-19-18-28-22-29(23-31(34(28)36-32)43(38,39)42-25(3)5-2)27-16-14-26(15-17-27)24-41-33-13-9-10-21-40-33/h6-8,11-12,14-19,22-23,25,33,37H,4-5,9-10,13,20-21,24H2,1-3H3,(H,38,39). The maximum atomic E-state index is 13.8. The number of hydrogen-bond donors (Lipinski definition) is 2. The lowest BCUT2D eigenvalue weighted by molar-refractivity contribution is -0.168. The van der Waals surface area contributed by atoms with Gasteiger partial charge in [0.25, 0.3) is 0 Å². The monoisotopic (exact) mass is 603 g/mol. The number of aromatic nitrogens is 1. The Labute approximate surface area is 254 Å². The Morgan fingerprint density at radius 2 is 1.79 bits per heavy atom. The molecule has 1 fully saturated rings. The number of rotatable bonds is 12. The summed E-state index contributed by atoms with van der Waals surface area (Å²) in [5.74, 6) is 0. The summed E-state index contributed by atoms with van der Waals surface area (Å²) < 4.78 is 31.2. The van der Waals surface area contributed by atoms with Crippen LogP contribution in [0.15, 0.2) is 78.9 Å². The van der Waals surface area contributed by atoms with E-state index in [0.29, 0.717) is 36.0 Å². The minimum absolute atomic E-state index is 0.121. The third-order valence-corrected chi connectivity index (χ3v) is 9.72. The van der Waals surface area contributed by atoms with Gasteiger partial charge in [0.15, 0.2) is 6.29 Å². The van der Waals surface area contributed by atoms with Crippen molar-refractivity contribution in [3.8, 4) is 11.1 Å². The van der Waals surface area contributed by atoms with Crippen molar-refractivity contribution in [3.63, 3.8) is 0 Å². The first-order valence-electron chi connectivity index (χ1n) is 15.3. The number of nitrogens with zero attached hydrogens (tertiary/aromatic N) is 1. The zero-order chi connectivity index (χ0) is 30.5. The van der Waals surface area contributed by atoms with E-state index < -0.39 is 19.3 Å². The summed E-state index contributed by atoms with van der Waals surface area (Å²) in [7, 11) is -4.28. The second kappa shape index (κ2) is 13.8. The molecule has 4 aromatic rings. The molecule has 4 unspecified atom stereocenters. The molecule has 0 spiro atoms. The van der Waals surface area contributed by atoms with Crippen molar-refractivity contribution in [1.82, 2.24) is 4.98 Å². The van der Waals surface area contributed by atoms with Crippen LogP contribution >= 0.6 is 7.60 Å². The van der Waals surface area contributed by atoms with Crippen molar-refractivity contribution in [3.05, 3.63) is 95.7 Å². The number of pyridine rings is 1. The van der Waals surface area contributed by atoms with Gasteiger partial charge in [-0.15, -0.1) is 0 Å². The summed E-state index contributed by atoms with van der Waals surface area (Å²) in [4.78, 5) is 16.2. The molecule has 228 valence electrons. The summed E-state index contributed by atoms with van der Waals surface area (Å²) >= 11 is 0. The van der Waals surface area contributed by atoms with Crippen LogP contribution in [-0.4, -0.2) is 34.0 Å². The topological polar surface area (TPSA) is 98.1 Å². The maximum Gasteiger partial charge on any atom is 0.361 e. The summed E-state index contributed by atoms with van der Waals surface area (Å²) in [5.41, 5.74) is 2.83. The van der Waals surface area contributed by atoms with Gasteiger partial charge in [-0.2, -0.15) is 0 Å². The molecule has 2 N–H and O–H groups in total. The maximum absolute atomic E-state index is 13.8. The van der Waals surface area contributed by atoms with Gasteiger partial charge in [0.05, 0.1) is 29.2 Å². The molecule has 0 radical (unpaired) electrons.